The summed E-state index contributed by atoms with van der Waals surface area (Å²) in [5.41, 5.74) is 0.589. The topological polar surface area (TPSA) is 86.7 Å². The van der Waals surface area contributed by atoms with Gasteiger partial charge in [0.15, 0.2) is 0 Å². The SMILES string of the molecule is C=CCN(c1ccccc1)S(=O)(=O)c1cc(C(=O)NCCO)ccc1Cl. The number of halogens is 1. The fourth-order valence-corrected chi connectivity index (χ4v) is 4.23. The number of amides is 1. The van der Waals surface area contributed by atoms with Crippen LogP contribution in [0.3, 0.4) is 0 Å². The zero-order valence-corrected chi connectivity index (χ0v) is 15.5. The molecule has 8 heteroatoms. The molecule has 0 saturated carbocycles. The first-order valence-electron chi connectivity index (χ1n) is 7.79. The number of hydrogen-bond acceptors (Lipinski definition) is 4. The van der Waals surface area contributed by atoms with Crippen molar-refractivity contribution in [2.24, 2.45) is 0 Å². The highest BCUT2D eigenvalue weighted by atomic mass is 35.5. The van der Waals surface area contributed by atoms with Crippen LogP contribution in [0.1, 0.15) is 10.4 Å². The fraction of sp³-hybridized carbons (Fsp3) is 0.167. The van der Waals surface area contributed by atoms with Crippen LogP contribution in [-0.2, 0) is 10.0 Å². The summed E-state index contributed by atoms with van der Waals surface area (Å²) in [6, 6.07) is 12.6. The highest BCUT2D eigenvalue weighted by Gasteiger charge is 2.27. The average molecular weight is 395 g/mol. The molecule has 138 valence electrons. The molecule has 0 unspecified atom stereocenters. The van der Waals surface area contributed by atoms with Crippen molar-refractivity contribution in [3.63, 3.8) is 0 Å². The van der Waals surface area contributed by atoms with Crippen LogP contribution in [-0.4, -0.2) is 39.1 Å². The molecule has 2 N–H and O–H groups in total. The number of aliphatic hydroxyl groups excluding tert-OH is 1. The standard InChI is InChI=1S/C18H19ClN2O4S/c1-2-11-21(15-6-4-3-5-7-15)26(24,25)17-13-14(8-9-16(17)19)18(23)20-10-12-22/h2-9,13,22H,1,10-12H2,(H,20,23). The van der Waals surface area contributed by atoms with E-state index in [1.165, 1.54) is 24.3 Å². The predicted molar refractivity (Wildman–Crippen MR) is 102 cm³/mol. The number of carbonyl (C=O) groups excluding carboxylic acids is 1. The number of nitrogens with one attached hydrogen (secondary N) is 1. The second-order valence-corrected chi connectivity index (χ2v) is 7.52. The zero-order chi connectivity index (χ0) is 19.2. The summed E-state index contributed by atoms with van der Waals surface area (Å²) in [6.45, 7) is 3.50. The van der Waals surface area contributed by atoms with Gasteiger partial charge in [0.25, 0.3) is 15.9 Å². The third-order valence-electron chi connectivity index (χ3n) is 3.50. The van der Waals surface area contributed by atoms with Crippen molar-refractivity contribution in [1.29, 1.82) is 0 Å². The van der Waals surface area contributed by atoms with Crippen molar-refractivity contribution in [1.82, 2.24) is 5.32 Å². The summed E-state index contributed by atoms with van der Waals surface area (Å²) in [4.78, 5) is 11.9. The first-order valence-corrected chi connectivity index (χ1v) is 9.61. The number of rotatable bonds is 8. The highest BCUT2D eigenvalue weighted by Crippen LogP contribution is 2.29. The highest BCUT2D eigenvalue weighted by molar-refractivity contribution is 7.93. The van der Waals surface area contributed by atoms with E-state index >= 15 is 0 Å². The van der Waals surface area contributed by atoms with Gasteiger partial charge in [0.05, 0.1) is 23.9 Å². The van der Waals surface area contributed by atoms with Gasteiger partial charge in [-0.2, -0.15) is 0 Å². The molecule has 2 aromatic carbocycles. The summed E-state index contributed by atoms with van der Waals surface area (Å²) in [7, 11) is -4.02. The minimum atomic E-state index is -4.02. The van der Waals surface area contributed by atoms with Crippen LogP contribution in [0.2, 0.25) is 5.02 Å². The first-order chi connectivity index (χ1) is 12.4. The second kappa shape index (κ2) is 8.84. The Labute approximate surface area is 157 Å². The van der Waals surface area contributed by atoms with E-state index < -0.39 is 15.9 Å². The van der Waals surface area contributed by atoms with Gasteiger partial charge >= 0.3 is 0 Å². The molecule has 0 bridgehead atoms. The maximum Gasteiger partial charge on any atom is 0.266 e. The molecule has 0 radical (unpaired) electrons. The number of anilines is 1. The lowest BCUT2D eigenvalue weighted by atomic mass is 10.2. The molecule has 2 rings (SSSR count). The molecule has 0 heterocycles. The maximum atomic E-state index is 13.2. The Morgan fingerprint density at radius 3 is 2.54 bits per heavy atom. The van der Waals surface area contributed by atoms with Crippen molar-refractivity contribution in [3.8, 4) is 0 Å². The number of nitrogens with zero attached hydrogens (tertiary/aromatic N) is 1. The number of carbonyl (C=O) groups is 1. The molecule has 0 spiro atoms. The maximum absolute atomic E-state index is 13.2. The summed E-state index contributed by atoms with van der Waals surface area (Å²) in [5, 5.41) is 11.3. The van der Waals surface area contributed by atoms with E-state index in [2.05, 4.69) is 11.9 Å². The molecule has 0 atom stereocenters. The summed E-state index contributed by atoms with van der Waals surface area (Å²) < 4.78 is 27.5. The molecule has 0 aliphatic rings. The Bertz CT molecular complexity index is 885. The third-order valence-corrected chi connectivity index (χ3v) is 5.77. The van der Waals surface area contributed by atoms with E-state index in [4.69, 9.17) is 16.7 Å². The van der Waals surface area contributed by atoms with Gasteiger partial charge in [-0.05, 0) is 30.3 Å². The normalized spacial score (nSPS) is 11.0. The molecule has 6 nitrogen and oxygen atoms in total. The van der Waals surface area contributed by atoms with Crippen molar-refractivity contribution in [3.05, 3.63) is 71.8 Å². The Balaban J connectivity index is 2.49. The van der Waals surface area contributed by atoms with Crippen LogP contribution in [0.4, 0.5) is 5.69 Å². The van der Waals surface area contributed by atoms with E-state index in [9.17, 15) is 13.2 Å². The Morgan fingerprint density at radius 1 is 1.23 bits per heavy atom. The van der Waals surface area contributed by atoms with Crippen LogP contribution in [0.5, 0.6) is 0 Å². The summed E-state index contributed by atoms with van der Waals surface area (Å²) in [5.74, 6) is -0.498. The van der Waals surface area contributed by atoms with Gasteiger partial charge in [0.1, 0.15) is 4.90 Å². The fourth-order valence-electron chi connectivity index (χ4n) is 2.29. The molecule has 26 heavy (non-hydrogen) atoms. The van der Waals surface area contributed by atoms with Crippen molar-refractivity contribution < 1.29 is 18.3 Å². The molecule has 0 aliphatic carbocycles. The molecule has 1 amide bonds. The van der Waals surface area contributed by atoms with Crippen molar-refractivity contribution in [2.75, 3.05) is 24.0 Å². The van der Waals surface area contributed by atoms with E-state index in [0.29, 0.717) is 5.69 Å². The van der Waals surface area contributed by atoms with E-state index in [1.54, 1.807) is 30.3 Å². The van der Waals surface area contributed by atoms with Crippen LogP contribution in [0.15, 0.2) is 66.1 Å². The van der Waals surface area contributed by atoms with Crippen molar-refractivity contribution >= 4 is 33.2 Å². The predicted octanol–water partition coefficient (Wildman–Crippen LogP) is 2.44. The molecule has 0 aromatic heterocycles. The smallest absolute Gasteiger partial charge is 0.266 e. The number of aliphatic hydroxyl groups is 1. The lowest BCUT2D eigenvalue weighted by Crippen LogP contribution is -2.32. The largest absolute Gasteiger partial charge is 0.395 e. The molecule has 0 saturated heterocycles. The average Bonchev–Trinajstić information content (AvgIpc) is 2.64. The summed E-state index contributed by atoms with van der Waals surface area (Å²) >= 11 is 6.12. The molecule has 2 aromatic rings. The first kappa shape index (κ1) is 20.0. The number of sulfonamides is 1. The number of hydrogen-bond donors (Lipinski definition) is 2. The van der Waals surface area contributed by atoms with Gasteiger partial charge < -0.3 is 10.4 Å². The van der Waals surface area contributed by atoms with Gasteiger partial charge in [0.2, 0.25) is 0 Å². The van der Waals surface area contributed by atoms with Gasteiger partial charge in [-0.15, -0.1) is 6.58 Å². The van der Waals surface area contributed by atoms with Gasteiger partial charge in [-0.3, -0.25) is 9.10 Å². The van der Waals surface area contributed by atoms with Crippen LogP contribution < -0.4 is 9.62 Å². The van der Waals surface area contributed by atoms with Crippen molar-refractivity contribution in [2.45, 2.75) is 4.90 Å². The summed E-state index contributed by atoms with van der Waals surface area (Å²) in [6.07, 6.45) is 1.47. The Hall–Kier alpha value is -2.35. The van der Waals surface area contributed by atoms with E-state index in [1.807, 2.05) is 0 Å². The molecule has 0 aliphatic heterocycles. The molecule has 0 fully saturated rings. The van der Waals surface area contributed by atoms with Crippen LogP contribution in [0.25, 0.3) is 0 Å². The molecular weight excluding hydrogens is 376 g/mol. The number of benzene rings is 2. The van der Waals surface area contributed by atoms with E-state index in [0.717, 1.165) is 4.31 Å². The van der Waals surface area contributed by atoms with Gasteiger partial charge in [-0.25, -0.2) is 8.42 Å². The number of para-hydroxylation sites is 1. The third kappa shape index (κ3) is 4.43. The minimum Gasteiger partial charge on any atom is -0.395 e. The lowest BCUT2D eigenvalue weighted by molar-refractivity contribution is 0.0944. The Morgan fingerprint density at radius 2 is 1.92 bits per heavy atom. The monoisotopic (exact) mass is 394 g/mol. The molecular formula is C18H19ClN2O4S. The van der Waals surface area contributed by atoms with Crippen LogP contribution in [0, 0.1) is 0 Å². The van der Waals surface area contributed by atoms with Crippen LogP contribution >= 0.6 is 11.6 Å². The van der Waals surface area contributed by atoms with Gasteiger partial charge in [-0.1, -0.05) is 35.9 Å². The Kier molecular flexibility index (Phi) is 6.79. The quantitative estimate of drug-likeness (QED) is 0.673. The van der Waals surface area contributed by atoms with E-state index in [-0.39, 0.29) is 35.2 Å². The van der Waals surface area contributed by atoms with Gasteiger partial charge in [0, 0.05) is 12.1 Å². The lowest BCUT2D eigenvalue weighted by Gasteiger charge is -2.24. The zero-order valence-electron chi connectivity index (χ0n) is 13.9. The minimum absolute atomic E-state index is 0.00806. The second-order valence-electron chi connectivity index (χ2n) is 5.29.